The van der Waals surface area contributed by atoms with Crippen molar-refractivity contribution in [1.82, 2.24) is 15.5 Å². The van der Waals surface area contributed by atoms with Crippen molar-refractivity contribution >= 4 is 5.91 Å². The van der Waals surface area contributed by atoms with Crippen molar-refractivity contribution < 1.29 is 23.6 Å². The first kappa shape index (κ1) is 18.3. The predicted octanol–water partition coefficient (Wildman–Crippen LogP) is 1.11. The van der Waals surface area contributed by atoms with Gasteiger partial charge in [-0.1, -0.05) is 5.16 Å². The minimum atomic E-state index is -0.138. The average Bonchev–Trinajstić information content (AvgIpc) is 3.23. The number of ether oxygens (including phenoxy) is 2. The third kappa shape index (κ3) is 5.01. The number of rotatable bonds is 7. The first-order valence-electron chi connectivity index (χ1n) is 8.92. The Kier molecular flexibility index (Phi) is 6.41. The minimum absolute atomic E-state index is 0.00283. The van der Waals surface area contributed by atoms with Crippen molar-refractivity contribution in [3.63, 3.8) is 0 Å². The third-order valence-corrected chi connectivity index (χ3v) is 4.68. The quantitative estimate of drug-likeness (QED) is 0.786. The Morgan fingerprint density at radius 1 is 1.40 bits per heavy atom. The highest BCUT2D eigenvalue weighted by Crippen LogP contribution is 2.18. The van der Waals surface area contributed by atoms with Crippen LogP contribution in [0, 0.1) is 13.8 Å². The summed E-state index contributed by atoms with van der Waals surface area (Å²) in [6.45, 7) is 7.57. The van der Waals surface area contributed by atoms with E-state index >= 15 is 0 Å². The Morgan fingerprint density at radius 3 is 3.00 bits per heavy atom. The van der Waals surface area contributed by atoms with Gasteiger partial charge in [0.1, 0.15) is 5.76 Å². The van der Waals surface area contributed by atoms with Crippen LogP contribution in [0.2, 0.25) is 0 Å². The van der Waals surface area contributed by atoms with E-state index in [2.05, 4.69) is 10.5 Å². The molecule has 140 valence electrons. The van der Waals surface area contributed by atoms with Crippen LogP contribution >= 0.6 is 0 Å². The molecule has 3 rings (SSSR count). The van der Waals surface area contributed by atoms with E-state index < -0.39 is 0 Å². The molecule has 1 N–H and O–H groups in total. The van der Waals surface area contributed by atoms with Crippen LogP contribution in [0.5, 0.6) is 0 Å². The zero-order valence-corrected chi connectivity index (χ0v) is 15.0. The number of hydrogen-bond donors (Lipinski definition) is 1. The Labute approximate surface area is 147 Å². The number of carbonyl (C=O) groups is 1. The zero-order chi connectivity index (χ0) is 17.6. The third-order valence-electron chi connectivity index (χ3n) is 4.68. The summed E-state index contributed by atoms with van der Waals surface area (Å²) in [5, 5.41) is 8.84. The van der Waals surface area contributed by atoms with Gasteiger partial charge in [-0.25, -0.2) is 0 Å². The van der Waals surface area contributed by atoms with Crippen LogP contribution in [0.25, 0.3) is 0 Å². The average molecular weight is 353 g/mol. The summed E-state index contributed by atoms with van der Waals surface area (Å²) in [4.78, 5) is 17.6. The number of amides is 1. The Balaban J connectivity index is 1.47. The first-order chi connectivity index (χ1) is 12.1. The van der Waals surface area contributed by atoms with Gasteiger partial charge in [0.15, 0.2) is 0 Å². The smallest absolute Gasteiger partial charge is 0.221 e. The van der Waals surface area contributed by atoms with Gasteiger partial charge in [0.25, 0.3) is 0 Å². The summed E-state index contributed by atoms with van der Waals surface area (Å²) < 4.78 is 16.7. The molecule has 1 aromatic heterocycles. The highest BCUT2D eigenvalue weighted by molar-refractivity contribution is 5.76. The van der Waals surface area contributed by atoms with Crippen LogP contribution < -0.4 is 5.32 Å². The molecule has 0 unspecified atom stereocenters. The molecule has 2 aliphatic rings. The number of aryl methyl sites for hydroxylation is 2. The van der Waals surface area contributed by atoms with Gasteiger partial charge < -0.3 is 19.3 Å². The molecule has 8 nitrogen and oxygen atoms in total. The monoisotopic (exact) mass is 353 g/mol. The number of aromatic nitrogens is 1. The summed E-state index contributed by atoms with van der Waals surface area (Å²) in [6.07, 6.45) is 2.11. The molecule has 2 fully saturated rings. The number of nitrogens with zero attached hydrogens (tertiary/aromatic N) is 2. The molecule has 2 saturated heterocycles. The second kappa shape index (κ2) is 8.75. The molecule has 2 aliphatic heterocycles. The maximum absolute atomic E-state index is 12.2. The SMILES string of the molecule is Cc1noc(C)c1CO[C@H]1CCOC[C@H]1NC(=O)CCN1CCCO1. The van der Waals surface area contributed by atoms with Crippen molar-refractivity contribution in [1.29, 1.82) is 0 Å². The summed E-state index contributed by atoms with van der Waals surface area (Å²) in [7, 11) is 0. The lowest BCUT2D eigenvalue weighted by molar-refractivity contribution is -0.134. The van der Waals surface area contributed by atoms with Crippen LogP contribution in [0.1, 0.15) is 36.3 Å². The molecule has 0 bridgehead atoms. The topological polar surface area (TPSA) is 86.1 Å². The van der Waals surface area contributed by atoms with Crippen molar-refractivity contribution in [2.24, 2.45) is 0 Å². The Hall–Kier alpha value is -1.48. The summed E-state index contributed by atoms with van der Waals surface area (Å²) in [5.41, 5.74) is 1.82. The fraction of sp³-hybridized carbons (Fsp3) is 0.765. The van der Waals surface area contributed by atoms with Crippen molar-refractivity contribution in [3.05, 3.63) is 17.0 Å². The fourth-order valence-corrected chi connectivity index (χ4v) is 3.13. The fourth-order valence-electron chi connectivity index (χ4n) is 3.13. The van der Waals surface area contributed by atoms with Crippen molar-refractivity contribution in [2.75, 3.05) is 32.9 Å². The van der Waals surface area contributed by atoms with Gasteiger partial charge >= 0.3 is 0 Å². The van der Waals surface area contributed by atoms with Crippen LogP contribution in [0.3, 0.4) is 0 Å². The van der Waals surface area contributed by atoms with Gasteiger partial charge in [0, 0.05) is 31.7 Å². The van der Waals surface area contributed by atoms with E-state index in [1.807, 2.05) is 18.9 Å². The van der Waals surface area contributed by atoms with E-state index in [1.165, 1.54) is 0 Å². The van der Waals surface area contributed by atoms with Crippen LogP contribution in [0.4, 0.5) is 0 Å². The normalized spacial score (nSPS) is 24.6. The van der Waals surface area contributed by atoms with Crippen LogP contribution in [-0.4, -0.2) is 61.2 Å². The molecular weight excluding hydrogens is 326 g/mol. The highest BCUT2D eigenvalue weighted by Gasteiger charge is 2.28. The van der Waals surface area contributed by atoms with Gasteiger partial charge in [-0.05, 0) is 26.7 Å². The molecular formula is C17H27N3O5. The number of hydroxylamine groups is 2. The summed E-state index contributed by atoms with van der Waals surface area (Å²) in [5.74, 6) is 0.771. The lowest BCUT2D eigenvalue weighted by Gasteiger charge is -2.32. The molecule has 1 aromatic rings. The Bertz CT molecular complexity index is 551. The molecule has 2 atom stereocenters. The van der Waals surface area contributed by atoms with E-state index in [4.69, 9.17) is 18.8 Å². The Morgan fingerprint density at radius 2 is 2.28 bits per heavy atom. The van der Waals surface area contributed by atoms with Crippen molar-refractivity contribution in [3.8, 4) is 0 Å². The largest absolute Gasteiger partial charge is 0.379 e. The summed E-state index contributed by atoms with van der Waals surface area (Å²) in [6, 6.07) is -0.138. The first-order valence-corrected chi connectivity index (χ1v) is 8.92. The van der Waals surface area contributed by atoms with Gasteiger partial charge in [-0.15, -0.1) is 0 Å². The minimum Gasteiger partial charge on any atom is -0.379 e. The van der Waals surface area contributed by atoms with E-state index in [1.54, 1.807) is 0 Å². The maximum atomic E-state index is 12.2. The molecule has 8 heteroatoms. The number of nitrogens with one attached hydrogen (secondary N) is 1. The van der Waals surface area contributed by atoms with Crippen LogP contribution in [0.15, 0.2) is 4.52 Å². The second-order valence-electron chi connectivity index (χ2n) is 6.56. The van der Waals surface area contributed by atoms with E-state index in [-0.39, 0.29) is 18.1 Å². The predicted molar refractivity (Wildman–Crippen MR) is 88.7 cm³/mol. The van der Waals surface area contributed by atoms with Gasteiger partial charge in [0.2, 0.25) is 5.91 Å². The zero-order valence-electron chi connectivity index (χ0n) is 15.0. The summed E-state index contributed by atoms with van der Waals surface area (Å²) >= 11 is 0. The second-order valence-corrected chi connectivity index (χ2v) is 6.56. The highest BCUT2D eigenvalue weighted by atomic mass is 16.7. The van der Waals surface area contributed by atoms with Gasteiger partial charge in [-0.2, -0.15) is 5.06 Å². The molecule has 3 heterocycles. The van der Waals surface area contributed by atoms with E-state index in [0.717, 1.165) is 43.0 Å². The molecule has 1 amide bonds. The van der Waals surface area contributed by atoms with Crippen molar-refractivity contribution in [2.45, 2.75) is 51.9 Å². The van der Waals surface area contributed by atoms with Gasteiger partial charge in [-0.3, -0.25) is 9.63 Å². The lowest BCUT2D eigenvalue weighted by atomic mass is 10.1. The molecule has 0 radical (unpaired) electrons. The molecule has 0 aromatic carbocycles. The standard InChI is InChI=1S/C17H27N3O5/c1-12-14(13(2)25-19-12)10-23-16-5-9-22-11-15(16)18-17(21)4-7-20-6-3-8-24-20/h15-16H,3-11H2,1-2H3,(H,18,21)/t15-,16+/m1/s1. The molecule has 25 heavy (non-hydrogen) atoms. The molecule has 0 saturated carbocycles. The number of hydrogen-bond acceptors (Lipinski definition) is 7. The maximum Gasteiger partial charge on any atom is 0.221 e. The van der Waals surface area contributed by atoms with Gasteiger partial charge in [0.05, 0.1) is 37.7 Å². The number of carbonyl (C=O) groups excluding carboxylic acids is 1. The van der Waals surface area contributed by atoms with E-state index in [0.29, 0.717) is 32.8 Å². The molecule has 0 aliphatic carbocycles. The molecule has 0 spiro atoms. The van der Waals surface area contributed by atoms with E-state index in [9.17, 15) is 4.79 Å². The van der Waals surface area contributed by atoms with Crippen LogP contribution in [-0.2, 0) is 25.7 Å². The lowest BCUT2D eigenvalue weighted by Crippen LogP contribution is -2.50.